The fourth-order valence-corrected chi connectivity index (χ4v) is 7.65. The van der Waals surface area contributed by atoms with Gasteiger partial charge in [-0.25, -0.2) is 15.0 Å². The third kappa shape index (κ3) is 9.17. The van der Waals surface area contributed by atoms with E-state index in [1.807, 2.05) is 73.7 Å². The molecule has 308 valence electrons. The molecule has 0 bridgehead atoms. The Morgan fingerprint density at radius 3 is 0.922 bits per heavy atom. The fraction of sp³-hybridized carbons (Fsp3) is 0.0172. The minimum atomic E-state index is 0.572. The van der Waals surface area contributed by atoms with Gasteiger partial charge in [-0.15, -0.1) is 0 Å². The van der Waals surface area contributed by atoms with Crippen molar-refractivity contribution in [1.82, 2.24) is 15.0 Å². The van der Waals surface area contributed by atoms with Gasteiger partial charge in [0.05, 0.1) is 0 Å². The number of hydrogen-bond acceptors (Lipinski definition) is 6. The second kappa shape index (κ2) is 19.4. The van der Waals surface area contributed by atoms with Crippen LogP contribution in [0.4, 0.5) is 45.5 Å². The molecule has 6 nitrogen and oxygen atoms in total. The average Bonchev–Trinajstić information content (AvgIpc) is 3.36. The molecule has 8 aromatic carbocycles. The maximum Gasteiger partial charge on any atom is 0.164 e. The first-order valence-corrected chi connectivity index (χ1v) is 21.3. The predicted octanol–water partition coefficient (Wildman–Crippen LogP) is 15.6. The van der Waals surface area contributed by atoms with Crippen LogP contribution in [0.5, 0.6) is 0 Å². The van der Waals surface area contributed by atoms with Gasteiger partial charge in [-0.3, -0.25) is 0 Å². The lowest BCUT2D eigenvalue weighted by Gasteiger charge is -2.26. The molecular formula is C58H46N6. The highest BCUT2D eigenvalue weighted by Crippen LogP contribution is 2.38. The van der Waals surface area contributed by atoms with Crippen molar-refractivity contribution < 1.29 is 0 Å². The van der Waals surface area contributed by atoms with Crippen molar-refractivity contribution in [3.05, 3.63) is 261 Å². The lowest BCUT2D eigenvalue weighted by Crippen LogP contribution is -2.14. The Balaban J connectivity index is 1.12. The number of anilines is 8. The van der Waals surface area contributed by atoms with Crippen molar-refractivity contribution in [3.8, 4) is 34.2 Å². The molecule has 0 saturated heterocycles. The van der Waals surface area contributed by atoms with E-state index in [0.29, 0.717) is 17.5 Å². The zero-order chi connectivity index (χ0) is 43.5. The molecular weight excluding hydrogens is 781 g/mol. The smallest absolute Gasteiger partial charge is 0.164 e. The Kier molecular flexibility index (Phi) is 12.4. The lowest BCUT2D eigenvalue weighted by molar-refractivity contribution is 1.07. The molecule has 0 saturated carbocycles. The van der Waals surface area contributed by atoms with Gasteiger partial charge < -0.3 is 14.7 Å². The number of benzene rings is 8. The quantitative estimate of drug-likeness (QED) is 0.102. The normalized spacial score (nSPS) is 11.1. The summed E-state index contributed by atoms with van der Waals surface area (Å²) in [6, 6.07) is 77.0. The molecule has 0 atom stereocenters. The van der Waals surface area contributed by atoms with Gasteiger partial charge in [0.1, 0.15) is 0 Å². The summed E-state index contributed by atoms with van der Waals surface area (Å²) in [7, 11) is 0. The van der Waals surface area contributed by atoms with E-state index < -0.39 is 0 Å². The van der Waals surface area contributed by atoms with Crippen molar-refractivity contribution in [2.24, 2.45) is 0 Å². The highest BCUT2D eigenvalue weighted by molar-refractivity contribution is 5.80. The number of rotatable bonds is 14. The van der Waals surface area contributed by atoms with Gasteiger partial charge in [0.15, 0.2) is 17.5 Å². The average molecular weight is 827 g/mol. The molecule has 1 aromatic heterocycles. The van der Waals surface area contributed by atoms with Crippen LogP contribution in [0.25, 0.3) is 34.2 Å². The zero-order valence-corrected chi connectivity index (χ0v) is 35.6. The molecule has 0 fully saturated rings. The number of hydrogen-bond donors (Lipinski definition) is 0. The zero-order valence-electron chi connectivity index (χ0n) is 35.6. The summed E-state index contributed by atoms with van der Waals surface area (Å²) in [4.78, 5) is 22.0. The van der Waals surface area contributed by atoms with Gasteiger partial charge in [-0.2, -0.15) is 0 Å². The van der Waals surface area contributed by atoms with Crippen molar-refractivity contribution in [3.63, 3.8) is 0 Å². The molecule has 9 rings (SSSR count). The SMILES string of the molecule is C=C(/C=C\C=C/C)N(c1ccccc1)c1ccc(-c2nc(-c3ccc(N(c4ccccc4)c4ccccc4)cc3)nc(-c3ccc(N(c4ccccc4)c4ccccc4)cc3)n2)cc1. The van der Waals surface area contributed by atoms with Crippen LogP contribution in [0.2, 0.25) is 0 Å². The van der Waals surface area contributed by atoms with Crippen molar-refractivity contribution in [2.75, 3.05) is 14.7 Å². The third-order valence-electron chi connectivity index (χ3n) is 10.7. The van der Waals surface area contributed by atoms with Crippen LogP contribution < -0.4 is 14.7 Å². The molecule has 0 unspecified atom stereocenters. The van der Waals surface area contributed by atoms with Crippen LogP contribution in [-0.4, -0.2) is 15.0 Å². The molecule has 0 spiro atoms. The van der Waals surface area contributed by atoms with E-state index in [4.69, 9.17) is 15.0 Å². The molecule has 9 aromatic rings. The summed E-state index contributed by atoms with van der Waals surface area (Å²) < 4.78 is 0. The number of nitrogens with zero attached hydrogens (tertiary/aromatic N) is 6. The molecule has 0 aliphatic carbocycles. The number of aromatic nitrogens is 3. The second-order valence-corrected chi connectivity index (χ2v) is 15.0. The lowest BCUT2D eigenvalue weighted by atomic mass is 10.1. The Hall–Kier alpha value is -8.61. The topological polar surface area (TPSA) is 48.4 Å². The third-order valence-corrected chi connectivity index (χ3v) is 10.7. The summed E-state index contributed by atoms with van der Waals surface area (Å²) in [6.45, 7) is 6.42. The van der Waals surface area contributed by atoms with E-state index in [-0.39, 0.29) is 0 Å². The standard InChI is InChI=1S/C58H46N6/c1-3-4-10-21-44(2)62(48-22-11-5-12-23-48)53-38-32-45(33-39-53)56-59-57(46-34-40-54(41-35-46)63(49-24-13-6-14-25-49)50-26-15-7-16-27-50)61-58(60-56)47-36-42-55(43-37-47)64(51-28-17-8-18-29-51)52-30-19-9-20-31-52/h3-43H,2H2,1H3/b4-3-,21-10-. The molecule has 0 N–H and O–H groups in total. The molecule has 6 heteroatoms. The number of allylic oxidation sites excluding steroid dienone is 4. The van der Waals surface area contributed by atoms with E-state index in [2.05, 4.69) is 203 Å². The van der Waals surface area contributed by atoms with E-state index in [0.717, 1.165) is 67.9 Å². The second-order valence-electron chi connectivity index (χ2n) is 15.0. The van der Waals surface area contributed by atoms with Crippen molar-refractivity contribution in [1.29, 1.82) is 0 Å². The Morgan fingerprint density at radius 2 is 0.609 bits per heavy atom. The maximum absolute atomic E-state index is 5.14. The summed E-state index contributed by atoms with van der Waals surface area (Å²) >= 11 is 0. The van der Waals surface area contributed by atoms with E-state index >= 15 is 0 Å². The minimum Gasteiger partial charge on any atom is -0.311 e. The molecule has 0 amide bonds. The summed E-state index contributed by atoms with van der Waals surface area (Å²) in [5.41, 5.74) is 11.8. The van der Waals surface area contributed by atoms with Crippen LogP contribution >= 0.6 is 0 Å². The number of para-hydroxylation sites is 5. The minimum absolute atomic E-state index is 0.572. The highest BCUT2D eigenvalue weighted by Gasteiger charge is 2.18. The largest absolute Gasteiger partial charge is 0.311 e. The Bertz CT molecular complexity index is 2750. The van der Waals surface area contributed by atoms with Crippen LogP contribution in [0.3, 0.4) is 0 Å². The molecule has 0 radical (unpaired) electrons. The van der Waals surface area contributed by atoms with Crippen molar-refractivity contribution >= 4 is 45.5 Å². The van der Waals surface area contributed by atoms with E-state index in [9.17, 15) is 0 Å². The summed E-state index contributed by atoms with van der Waals surface area (Å²) in [5.74, 6) is 1.73. The van der Waals surface area contributed by atoms with Gasteiger partial charge in [-0.05, 0) is 146 Å². The highest BCUT2D eigenvalue weighted by atomic mass is 15.2. The maximum atomic E-state index is 5.14. The van der Waals surface area contributed by atoms with Gasteiger partial charge in [0.25, 0.3) is 0 Å². The van der Waals surface area contributed by atoms with Gasteiger partial charge in [-0.1, -0.05) is 116 Å². The fourth-order valence-electron chi connectivity index (χ4n) is 7.65. The van der Waals surface area contributed by atoms with Crippen molar-refractivity contribution in [2.45, 2.75) is 6.92 Å². The van der Waals surface area contributed by atoms with Gasteiger partial charge >= 0.3 is 0 Å². The predicted molar refractivity (Wildman–Crippen MR) is 267 cm³/mol. The Labute approximate surface area is 375 Å². The molecule has 1 heterocycles. The molecule has 0 aliphatic rings. The first-order valence-electron chi connectivity index (χ1n) is 21.3. The van der Waals surface area contributed by atoms with Crippen LogP contribution in [0.1, 0.15) is 6.92 Å². The van der Waals surface area contributed by atoms with Gasteiger partial charge in [0, 0.05) is 67.9 Å². The molecule has 64 heavy (non-hydrogen) atoms. The van der Waals surface area contributed by atoms with E-state index in [1.165, 1.54) is 0 Å². The summed E-state index contributed by atoms with van der Waals surface area (Å²) in [5, 5.41) is 0. The van der Waals surface area contributed by atoms with E-state index in [1.54, 1.807) is 0 Å². The van der Waals surface area contributed by atoms with Gasteiger partial charge in [0.2, 0.25) is 0 Å². The summed E-state index contributed by atoms with van der Waals surface area (Å²) in [6.07, 6.45) is 8.01. The Morgan fingerprint density at radius 1 is 0.344 bits per heavy atom. The van der Waals surface area contributed by atoms with Crippen LogP contribution in [0, 0.1) is 0 Å². The van der Waals surface area contributed by atoms with Crippen LogP contribution in [0.15, 0.2) is 261 Å². The first-order chi connectivity index (χ1) is 31.6. The first kappa shape index (κ1) is 40.8. The molecule has 0 aliphatic heterocycles. The monoisotopic (exact) mass is 826 g/mol. The van der Waals surface area contributed by atoms with Crippen LogP contribution in [-0.2, 0) is 0 Å².